The topological polar surface area (TPSA) is 98.3 Å². The van der Waals surface area contributed by atoms with E-state index < -0.39 is 0 Å². The van der Waals surface area contributed by atoms with Crippen molar-refractivity contribution in [3.8, 4) is 5.75 Å². The molecule has 2 aromatic carbocycles. The number of piperazine rings is 1. The number of nitrogens with zero attached hydrogens (tertiary/aromatic N) is 6. The fourth-order valence-electron chi connectivity index (χ4n) is 7.39. The van der Waals surface area contributed by atoms with Crippen molar-refractivity contribution in [3.63, 3.8) is 0 Å². The molecule has 1 aromatic heterocycles. The highest BCUT2D eigenvalue weighted by Crippen LogP contribution is 2.41. The maximum atomic E-state index is 14.3. The molecule has 4 aliphatic rings. The molecule has 4 heterocycles. The molecule has 0 bridgehead atoms. The second-order valence-electron chi connectivity index (χ2n) is 13.2. The van der Waals surface area contributed by atoms with Gasteiger partial charge in [-0.2, -0.15) is 0 Å². The third-order valence-corrected chi connectivity index (χ3v) is 9.99. The fraction of sp³-hybridized carbons (Fsp3) is 0.472. The van der Waals surface area contributed by atoms with E-state index in [4.69, 9.17) is 9.57 Å². The molecule has 254 valence electrons. The second-order valence-corrected chi connectivity index (χ2v) is 13.2. The van der Waals surface area contributed by atoms with Gasteiger partial charge in [-0.25, -0.2) is 19.4 Å². The number of halogens is 1. The summed E-state index contributed by atoms with van der Waals surface area (Å²) in [5.41, 5.74) is 3.89. The molecule has 7 rings (SSSR count). The number of aromatic nitrogens is 2. The highest BCUT2D eigenvalue weighted by atomic mass is 19.1. The van der Waals surface area contributed by atoms with E-state index in [2.05, 4.69) is 41.9 Å². The average molecular weight is 657 g/mol. The SMILES string of the molecule is C=CC(=O)Nc1cc(Nc2cc(N3OCC[C@@H]3c3cc(C)cc(F)c3)ncn2)c(OC)cc1N1CCC(N2CCN(C3CC3)CC2)CC1. The summed E-state index contributed by atoms with van der Waals surface area (Å²) in [5, 5.41) is 8.10. The Labute approximate surface area is 281 Å². The van der Waals surface area contributed by atoms with E-state index >= 15 is 0 Å². The van der Waals surface area contributed by atoms with Crippen LogP contribution in [0.2, 0.25) is 0 Å². The van der Waals surface area contributed by atoms with Crippen molar-refractivity contribution in [3.05, 3.63) is 72.3 Å². The molecule has 0 radical (unpaired) electrons. The van der Waals surface area contributed by atoms with Crippen LogP contribution in [0.4, 0.5) is 33.1 Å². The first-order valence-corrected chi connectivity index (χ1v) is 17.1. The van der Waals surface area contributed by atoms with Crippen LogP contribution in [0.3, 0.4) is 0 Å². The molecule has 48 heavy (non-hydrogen) atoms. The molecular formula is C36H45FN8O3. The van der Waals surface area contributed by atoms with Crippen molar-refractivity contribution in [2.75, 3.05) is 73.6 Å². The van der Waals surface area contributed by atoms with Crippen LogP contribution in [0.5, 0.6) is 5.75 Å². The summed E-state index contributed by atoms with van der Waals surface area (Å²) in [4.78, 5) is 35.1. The minimum absolute atomic E-state index is 0.187. The normalized spacial score (nSPS) is 20.9. The number of ether oxygens (including phenoxy) is 1. The number of hydrogen-bond acceptors (Lipinski definition) is 10. The van der Waals surface area contributed by atoms with Gasteiger partial charge in [0.15, 0.2) is 5.82 Å². The van der Waals surface area contributed by atoms with Gasteiger partial charge in [-0.3, -0.25) is 19.4 Å². The Balaban J connectivity index is 1.08. The van der Waals surface area contributed by atoms with E-state index in [9.17, 15) is 9.18 Å². The van der Waals surface area contributed by atoms with Gasteiger partial charge in [-0.1, -0.05) is 12.6 Å². The number of nitrogens with one attached hydrogen (secondary N) is 2. The number of benzene rings is 2. The van der Waals surface area contributed by atoms with E-state index in [1.54, 1.807) is 24.3 Å². The molecule has 1 amide bonds. The van der Waals surface area contributed by atoms with E-state index in [1.807, 2.05) is 25.1 Å². The molecule has 1 saturated carbocycles. The number of piperidine rings is 1. The second kappa shape index (κ2) is 14.1. The van der Waals surface area contributed by atoms with E-state index in [0.29, 0.717) is 47.8 Å². The highest BCUT2D eigenvalue weighted by Gasteiger charge is 2.34. The molecule has 0 unspecified atom stereocenters. The lowest BCUT2D eigenvalue weighted by Gasteiger charge is -2.43. The van der Waals surface area contributed by atoms with Gasteiger partial charge in [0, 0.05) is 69.9 Å². The van der Waals surface area contributed by atoms with Gasteiger partial charge >= 0.3 is 0 Å². The molecule has 3 aliphatic heterocycles. The molecule has 0 spiro atoms. The molecule has 12 heteroatoms. The molecular weight excluding hydrogens is 611 g/mol. The Morgan fingerprint density at radius 1 is 0.938 bits per heavy atom. The number of hydrogen-bond donors (Lipinski definition) is 2. The first kappa shape index (κ1) is 32.3. The summed E-state index contributed by atoms with van der Waals surface area (Å²) in [7, 11) is 1.63. The van der Waals surface area contributed by atoms with Crippen molar-refractivity contribution in [2.24, 2.45) is 0 Å². The minimum Gasteiger partial charge on any atom is -0.494 e. The Kier molecular flexibility index (Phi) is 9.47. The van der Waals surface area contributed by atoms with Crippen LogP contribution >= 0.6 is 0 Å². The Bertz CT molecular complexity index is 1620. The molecule has 2 N–H and O–H groups in total. The number of hydroxylamine groups is 1. The zero-order chi connectivity index (χ0) is 33.2. The lowest BCUT2D eigenvalue weighted by atomic mass is 10.0. The molecule has 3 saturated heterocycles. The van der Waals surface area contributed by atoms with Gasteiger partial charge in [0.2, 0.25) is 5.91 Å². The van der Waals surface area contributed by atoms with E-state index in [0.717, 1.165) is 61.9 Å². The molecule has 3 aromatic rings. The molecule has 1 aliphatic carbocycles. The Morgan fingerprint density at radius 2 is 1.67 bits per heavy atom. The number of anilines is 5. The van der Waals surface area contributed by atoms with Crippen LogP contribution in [0.25, 0.3) is 0 Å². The maximum absolute atomic E-state index is 14.3. The van der Waals surface area contributed by atoms with Gasteiger partial charge in [0.25, 0.3) is 0 Å². The predicted molar refractivity (Wildman–Crippen MR) is 185 cm³/mol. The third kappa shape index (κ3) is 7.11. The van der Waals surface area contributed by atoms with Crippen molar-refractivity contribution in [1.29, 1.82) is 0 Å². The molecule has 1 atom stereocenters. The van der Waals surface area contributed by atoms with E-state index in [-0.39, 0.29) is 17.8 Å². The largest absolute Gasteiger partial charge is 0.494 e. The van der Waals surface area contributed by atoms with Gasteiger partial charge in [0.1, 0.15) is 23.7 Å². The lowest BCUT2D eigenvalue weighted by Crippen LogP contribution is -2.53. The standard InChI is InChI=1S/C36H45FN8O3/c1-4-36(46)41-29-20-30(40-34-22-35(39-23-38-34)45-31(9-16-48-45)25-17-24(2)18-26(37)19-25)33(47-3)21-32(29)44-10-7-28(8-11-44)43-14-12-42(13-15-43)27-5-6-27/h4,17-23,27-28,31H,1,5-16H2,2-3H3,(H,41,46)(H,38,39,40)/t31-/m1/s1. The van der Waals surface area contributed by atoms with Crippen LogP contribution in [-0.4, -0.2) is 90.7 Å². The smallest absolute Gasteiger partial charge is 0.247 e. The third-order valence-electron chi connectivity index (χ3n) is 9.99. The highest BCUT2D eigenvalue weighted by molar-refractivity contribution is 6.02. The number of carbonyl (C=O) groups excluding carboxylic acids is 1. The summed E-state index contributed by atoms with van der Waals surface area (Å²) in [6.45, 7) is 12.5. The van der Waals surface area contributed by atoms with Gasteiger partial charge in [-0.15, -0.1) is 0 Å². The number of methoxy groups -OCH3 is 1. The number of amides is 1. The first-order valence-electron chi connectivity index (χ1n) is 17.1. The molecule has 4 fully saturated rings. The minimum atomic E-state index is -0.287. The number of aryl methyl sites for hydroxylation is 1. The van der Waals surface area contributed by atoms with Crippen LogP contribution in [-0.2, 0) is 9.63 Å². The number of carbonyl (C=O) groups is 1. The summed E-state index contributed by atoms with van der Waals surface area (Å²) in [6, 6.07) is 11.9. The van der Waals surface area contributed by atoms with Crippen LogP contribution in [0.1, 0.15) is 49.3 Å². The predicted octanol–water partition coefficient (Wildman–Crippen LogP) is 5.43. The van der Waals surface area contributed by atoms with Crippen molar-refractivity contribution in [1.82, 2.24) is 19.8 Å². The quantitative estimate of drug-likeness (QED) is 0.275. The van der Waals surface area contributed by atoms with Crippen molar-refractivity contribution < 1.29 is 18.8 Å². The van der Waals surface area contributed by atoms with Crippen LogP contribution in [0.15, 0.2) is 55.4 Å². The number of rotatable bonds is 10. The Hall–Kier alpha value is -4.26. The van der Waals surface area contributed by atoms with Crippen molar-refractivity contribution >= 4 is 34.6 Å². The zero-order valence-corrected chi connectivity index (χ0v) is 27.8. The fourth-order valence-corrected chi connectivity index (χ4v) is 7.39. The van der Waals surface area contributed by atoms with Crippen LogP contribution in [0, 0.1) is 12.7 Å². The van der Waals surface area contributed by atoms with Crippen molar-refractivity contribution in [2.45, 2.75) is 57.2 Å². The van der Waals surface area contributed by atoms with Gasteiger partial charge in [-0.05, 0) is 68.0 Å². The first-order chi connectivity index (χ1) is 23.4. The average Bonchev–Trinajstić information content (AvgIpc) is 3.83. The maximum Gasteiger partial charge on any atom is 0.247 e. The summed E-state index contributed by atoms with van der Waals surface area (Å²) < 4.78 is 20.1. The lowest BCUT2D eigenvalue weighted by molar-refractivity contribution is -0.111. The van der Waals surface area contributed by atoms with Gasteiger partial charge < -0.3 is 20.3 Å². The van der Waals surface area contributed by atoms with E-state index in [1.165, 1.54) is 44.4 Å². The van der Waals surface area contributed by atoms with Gasteiger partial charge in [0.05, 0.1) is 36.8 Å². The summed E-state index contributed by atoms with van der Waals surface area (Å²) >= 11 is 0. The molecule has 11 nitrogen and oxygen atoms in total. The monoisotopic (exact) mass is 656 g/mol. The summed E-state index contributed by atoms with van der Waals surface area (Å²) in [5.74, 6) is 1.11. The summed E-state index contributed by atoms with van der Waals surface area (Å²) in [6.07, 6.45) is 8.31. The zero-order valence-electron chi connectivity index (χ0n) is 27.8. The Morgan fingerprint density at radius 3 is 2.33 bits per heavy atom. The van der Waals surface area contributed by atoms with Crippen LogP contribution < -0.4 is 25.3 Å².